The Labute approximate surface area is 102 Å². The van der Waals surface area contributed by atoms with Crippen LogP contribution < -0.4 is 10.6 Å². The summed E-state index contributed by atoms with van der Waals surface area (Å²) in [6, 6.07) is 1.89. The van der Waals surface area contributed by atoms with E-state index in [9.17, 15) is 5.11 Å². The maximum atomic E-state index is 9.77. The zero-order chi connectivity index (χ0) is 12.3. The zero-order valence-corrected chi connectivity index (χ0v) is 10.4. The van der Waals surface area contributed by atoms with Gasteiger partial charge in [0.2, 0.25) is 5.95 Å². The van der Waals surface area contributed by atoms with Gasteiger partial charge in [-0.1, -0.05) is 0 Å². The van der Waals surface area contributed by atoms with E-state index in [1.165, 1.54) is 0 Å². The molecule has 5 nitrogen and oxygen atoms in total. The minimum absolute atomic E-state index is 0.257. The Morgan fingerprint density at radius 1 is 1.41 bits per heavy atom. The Morgan fingerprint density at radius 3 is 2.82 bits per heavy atom. The lowest BCUT2D eigenvalue weighted by Gasteiger charge is -2.12. The molecular weight excluding hydrogens is 216 g/mol. The molecule has 0 spiro atoms. The fraction of sp³-hybridized carbons (Fsp3) is 0.667. The van der Waals surface area contributed by atoms with E-state index >= 15 is 0 Å². The fourth-order valence-electron chi connectivity index (χ4n) is 1.75. The highest BCUT2D eigenvalue weighted by molar-refractivity contribution is 5.42. The van der Waals surface area contributed by atoms with E-state index in [1.807, 2.05) is 19.9 Å². The van der Waals surface area contributed by atoms with Gasteiger partial charge in [-0.15, -0.1) is 0 Å². The first-order valence-electron chi connectivity index (χ1n) is 6.20. The van der Waals surface area contributed by atoms with Crippen molar-refractivity contribution < 1.29 is 5.11 Å². The highest BCUT2D eigenvalue weighted by Gasteiger charge is 2.29. The number of nitrogens with one attached hydrogen (secondary N) is 2. The van der Waals surface area contributed by atoms with Crippen LogP contribution in [0.3, 0.4) is 0 Å². The highest BCUT2D eigenvalue weighted by atomic mass is 16.3. The second kappa shape index (κ2) is 5.31. The summed E-state index contributed by atoms with van der Waals surface area (Å²) in [6.07, 6.45) is 2.04. The predicted molar refractivity (Wildman–Crippen MR) is 68.2 cm³/mol. The average Bonchev–Trinajstić information content (AvgIpc) is 3.09. The second-order valence-corrected chi connectivity index (χ2v) is 4.53. The smallest absolute Gasteiger partial charge is 0.224 e. The van der Waals surface area contributed by atoms with Gasteiger partial charge in [0, 0.05) is 24.8 Å². The molecule has 1 aliphatic rings. The summed E-state index contributed by atoms with van der Waals surface area (Å²) in [6.45, 7) is 5.31. The second-order valence-electron chi connectivity index (χ2n) is 4.53. The summed E-state index contributed by atoms with van der Waals surface area (Å²) in [7, 11) is 0. The first-order valence-corrected chi connectivity index (χ1v) is 6.20. The number of nitrogens with zero attached hydrogens (tertiary/aromatic N) is 2. The summed E-state index contributed by atoms with van der Waals surface area (Å²) < 4.78 is 0. The van der Waals surface area contributed by atoms with Crippen molar-refractivity contribution in [1.29, 1.82) is 0 Å². The largest absolute Gasteiger partial charge is 0.391 e. The highest BCUT2D eigenvalue weighted by Crippen LogP contribution is 2.32. The molecule has 1 atom stereocenters. The molecule has 17 heavy (non-hydrogen) atoms. The molecule has 1 heterocycles. The monoisotopic (exact) mass is 236 g/mol. The summed E-state index contributed by atoms with van der Waals surface area (Å²) in [4.78, 5) is 8.60. The van der Waals surface area contributed by atoms with E-state index in [1.54, 1.807) is 0 Å². The van der Waals surface area contributed by atoms with Gasteiger partial charge >= 0.3 is 0 Å². The number of aliphatic hydroxyl groups is 1. The van der Waals surface area contributed by atoms with Gasteiger partial charge < -0.3 is 15.7 Å². The summed E-state index contributed by atoms with van der Waals surface area (Å²) in [5.41, 5.74) is 0.916. The van der Waals surface area contributed by atoms with Crippen LogP contribution in [0.25, 0.3) is 0 Å². The van der Waals surface area contributed by atoms with Crippen molar-refractivity contribution in [3.05, 3.63) is 11.8 Å². The Kier molecular flexibility index (Phi) is 3.78. The van der Waals surface area contributed by atoms with Crippen molar-refractivity contribution in [1.82, 2.24) is 9.97 Å². The Hall–Kier alpha value is -1.36. The normalized spacial score (nSPS) is 16.6. The molecule has 1 aliphatic carbocycles. The summed E-state index contributed by atoms with van der Waals surface area (Å²) >= 11 is 0. The number of hydrogen-bond acceptors (Lipinski definition) is 5. The summed E-state index contributed by atoms with van der Waals surface area (Å²) in [5, 5.41) is 16.0. The van der Waals surface area contributed by atoms with Crippen molar-refractivity contribution in [2.75, 3.05) is 23.7 Å². The molecule has 0 radical (unpaired) electrons. The van der Waals surface area contributed by atoms with Crippen LogP contribution in [-0.4, -0.2) is 34.3 Å². The zero-order valence-electron chi connectivity index (χ0n) is 10.4. The van der Waals surface area contributed by atoms with Crippen molar-refractivity contribution in [2.45, 2.75) is 32.8 Å². The van der Waals surface area contributed by atoms with Gasteiger partial charge in [-0.3, -0.25) is 0 Å². The number of rotatable bonds is 6. The van der Waals surface area contributed by atoms with Crippen LogP contribution in [0.1, 0.15) is 25.5 Å². The lowest BCUT2D eigenvalue weighted by Crippen LogP contribution is -2.22. The van der Waals surface area contributed by atoms with E-state index in [-0.39, 0.29) is 6.10 Å². The molecular formula is C12H20N4O. The molecule has 0 aliphatic heterocycles. The van der Waals surface area contributed by atoms with Crippen LogP contribution in [0.4, 0.5) is 11.8 Å². The molecule has 0 bridgehead atoms. The maximum Gasteiger partial charge on any atom is 0.224 e. The van der Waals surface area contributed by atoms with Crippen molar-refractivity contribution in [2.24, 2.45) is 5.92 Å². The van der Waals surface area contributed by atoms with Crippen LogP contribution in [0.5, 0.6) is 0 Å². The van der Waals surface area contributed by atoms with Crippen LogP contribution in [0.2, 0.25) is 0 Å². The predicted octanol–water partition coefficient (Wildman–Crippen LogP) is 1.40. The van der Waals surface area contributed by atoms with Gasteiger partial charge in [0.05, 0.1) is 6.10 Å². The van der Waals surface area contributed by atoms with Crippen molar-refractivity contribution >= 4 is 11.8 Å². The van der Waals surface area contributed by atoms with E-state index < -0.39 is 0 Å². The third-order valence-corrected chi connectivity index (χ3v) is 2.85. The molecule has 0 amide bonds. The fourth-order valence-corrected chi connectivity index (χ4v) is 1.75. The van der Waals surface area contributed by atoms with E-state index in [0.717, 1.165) is 30.9 Å². The standard InChI is InChI=1S/C12H20N4O/c1-3-13-12-15-8(2)6-11(16-12)14-7-10(17)9-4-5-9/h6,9-10,17H,3-5,7H2,1-2H3,(H2,13,14,15,16). The molecule has 1 unspecified atom stereocenters. The van der Waals surface area contributed by atoms with E-state index in [2.05, 4.69) is 20.6 Å². The molecule has 3 N–H and O–H groups in total. The number of hydrogen-bond donors (Lipinski definition) is 3. The van der Waals surface area contributed by atoms with Gasteiger partial charge in [0.25, 0.3) is 0 Å². The Balaban J connectivity index is 1.94. The first kappa shape index (κ1) is 12.1. The third kappa shape index (κ3) is 3.56. The third-order valence-electron chi connectivity index (χ3n) is 2.85. The molecule has 0 saturated heterocycles. The quantitative estimate of drug-likeness (QED) is 0.696. The van der Waals surface area contributed by atoms with Crippen molar-refractivity contribution in [3.63, 3.8) is 0 Å². The Bertz CT molecular complexity index is 379. The van der Waals surface area contributed by atoms with Crippen molar-refractivity contribution in [3.8, 4) is 0 Å². The maximum absolute atomic E-state index is 9.77. The van der Waals surface area contributed by atoms with E-state index in [4.69, 9.17) is 0 Å². The molecule has 1 aromatic rings. The van der Waals surface area contributed by atoms with Gasteiger partial charge in [-0.2, -0.15) is 4.98 Å². The molecule has 2 rings (SSSR count). The van der Waals surface area contributed by atoms with Gasteiger partial charge in [-0.05, 0) is 32.6 Å². The van der Waals surface area contributed by atoms with Crippen LogP contribution in [0.15, 0.2) is 6.07 Å². The molecule has 0 aromatic carbocycles. The number of aryl methyl sites for hydroxylation is 1. The minimum Gasteiger partial charge on any atom is -0.391 e. The van der Waals surface area contributed by atoms with Gasteiger partial charge in [-0.25, -0.2) is 4.98 Å². The van der Waals surface area contributed by atoms with Crippen LogP contribution in [0, 0.1) is 12.8 Å². The van der Waals surface area contributed by atoms with Crippen LogP contribution >= 0.6 is 0 Å². The van der Waals surface area contributed by atoms with Gasteiger partial charge in [0.15, 0.2) is 0 Å². The minimum atomic E-state index is -0.257. The topological polar surface area (TPSA) is 70.1 Å². The Morgan fingerprint density at radius 2 is 2.18 bits per heavy atom. The lowest BCUT2D eigenvalue weighted by atomic mass is 10.2. The summed E-state index contributed by atoms with van der Waals surface area (Å²) in [5.74, 6) is 1.89. The van der Waals surface area contributed by atoms with E-state index in [0.29, 0.717) is 18.4 Å². The SMILES string of the molecule is CCNc1nc(C)cc(NCC(O)C2CC2)n1. The number of aliphatic hydroxyl groups excluding tert-OH is 1. The molecule has 5 heteroatoms. The average molecular weight is 236 g/mol. The van der Waals surface area contributed by atoms with Crippen LogP contribution in [-0.2, 0) is 0 Å². The number of anilines is 2. The molecule has 1 fully saturated rings. The molecule has 1 saturated carbocycles. The van der Waals surface area contributed by atoms with Gasteiger partial charge in [0.1, 0.15) is 5.82 Å². The number of aromatic nitrogens is 2. The lowest BCUT2D eigenvalue weighted by molar-refractivity contribution is 0.164. The molecule has 94 valence electrons. The molecule has 1 aromatic heterocycles. The first-order chi connectivity index (χ1) is 8.19.